The van der Waals surface area contributed by atoms with Crippen LogP contribution in [0, 0.1) is 5.82 Å². The highest BCUT2D eigenvalue weighted by atomic mass is 32.2. The second-order valence-corrected chi connectivity index (χ2v) is 7.01. The van der Waals surface area contributed by atoms with Crippen LogP contribution in [0.4, 0.5) is 10.1 Å². The fourth-order valence-corrected chi connectivity index (χ4v) is 3.53. The van der Waals surface area contributed by atoms with E-state index in [2.05, 4.69) is 5.32 Å². The molecule has 0 heterocycles. The highest BCUT2D eigenvalue weighted by Crippen LogP contribution is 2.23. The molecule has 2 aromatic rings. The van der Waals surface area contributed by atoms with Crippen LogP contribution in [0.5, 0.6) is 0 Å². The van der Waals surface area contributed by atoms with Crippen LogP contribution in [-0.4, -0.2) is 27.4 Å². The molecule has 0 aliphatic heterocycles. The maximum Gasteiger partial charge on any atom is 0.264 e. The number of carbonyl (C=O) groups excluding carboxylic acids is 1. The van der Waals surface area contributed by atoms with Gasteiger partial charge >= 0.3 is 0 Å². The Morgan fingerprint density at radius 3 is 2.29 bits per heavy atom. The van der Waals surface area contributed by atoms with E-state index in [1.165, 1.54) is 24.3 Å². The fraction of sp³-hybridized carbons (Fsp3) is 0.235. The van der Waals surface area contributed by atoms with Crippen molar-refractivity contribution in [3.05, 3.63) is 60.4 Å². The highest BCUT2D eigenvalue weighted by molar-refractivity contribution is 7.92. The molecular weight excluding hydrogens is 331 g/mol. The number of halogens is 1. The van der Waals surface area contributed by atoms with E-state index < -0.39 is 21.7 Å². The summed E-state index contributed by atoms with van der Waals surface area (Å²) in [7, 11) is -3.94. The molecule has 0 unspecified atom stereocenters. The van der Waals surface area contributed by atoms with Crippen LogP contribution in [0.3, 0.4) is 0 Å². The predicted molar refractivity (Wildman–Crippen MR) is 90.7 cm³/mol. The first-order valence-corrected chi connectivity index (χ1v) is 8.99. The largest absolute Gasteiger partial charge is 0.355 e. The Kier molecular flexibility index (Phi) is 5.92. The van der Waals surface area contributed by atoms with E-state index in [1.54, 1.807) is 18.2 Å². The predicted octanol–water partition coefficient (Wildman–Crippen LogP) is 2.55. The minimum atomic E-state index is -3.94. The second kappa shape index (κ2) is 7.92. The lowest BCUT2D eigenvalue weighted by molar-refractivity contribution is -0.119. The van der Waals surface area contributed by atoms with Gasteiger partial charge < -0.3 is 5.32 Å². The minimum Gasteiger partial charge on any atom is -0.355 e. The molecule has 0 aliphatic rings. The average Bonchev–Trinajstić information content (AvgIpc) is 2.59. The number of hydrogen-bond acceptors (Lipinski definition) is 3. The molecule has 0 fully saturated rings. The van der Waals surface area contributed by atoms with E-state index in [-0.39, 0.29) is 17.1 Å². The molecule has 0 aliphatic carbocycles. The van der Waals surface area contributed by atoms with Crippen LogP contribution in [0.25, 0.3) is 0 Å². The van der Waals surface area contributed by atoms with Gasteiger partial charge in [-0.2, -0.15) is 0 Å². The molecule has 2 rings (SSSR count). The quantitative estimate of drug-likeness (QED) is 0.834. The Morgan fingerprint density at radius 2 is 1.71 bits per heavy atom. The number of amides is 1. The van der Waals surface area contributed by atoms with Gasteiger partial charge in [-0.1, -0.05) is 25.1 Å². The van der Waals surface area contributed by atoms with E-state index in [0.29, 0.717) is 6.54 Å². The summed E-state index contributed by atoms with van der Waals surface area (Å²) in [5.74, 6) is -0.896. The molecule has 0 spiro atoms. The molecule has 128 valence electrons. The summed E-state index contributed by atoms with van der Waals surface area (Å²) < 4.78 is 39.9. The SMILES string of the molecule is CCCNC(=O)CN(c1ccc(F)cc1)S(=O)(=O)c1ccccc1. The van der Waals surface area contributed by atoms with Crippen LogP contribution < -0.4 is 9.62 Å². The minimum absolute atomic E-state index is 0.0672. The standard InChI is InChI=1S/C17H19FN2O3S/c1-2-12-19-17(21)13-20(15-10-8-14(18)9-11-15)24(22,23)16-6-4-3-5-7-16/h3-11H,2,12-13H2,1H3,(H,19,21). The first-order chi connectivity index (χ1) is 11.4. The molecule has 0 bridgehead atoms. The van der Waals surface area contributed by atoms with Crippen molar-refractivity contribution in [3.63, 3.8) is 0 Å². The van der Waals surface area contributed by atoms with Gasteiger partial charge in [0.2, 0.25) is 5.91 Å². The van der Waals surface area contributed by atoms with E-state index in [4.69, 9.17) is 0 Å². The zero-order chi connectivity index (χ0) is 17.6. The van der Waals surface area contributed by atoms with Gasteiger partial charge in [0, 0.05) is 6.54 Å². The third-order valence-electron chi connectivity index (χ3n) is 3.31. The molecule has 0 radical (unpaired) electrons. The second-order valence-electron chi connectivity index (χ2n) is 5.15. The third-order valence-corrected chi connectivity index (χ3v) is 5.09. The lowest BCUT2D eigenvalue weighted by Crippen LogP contribution is -2.41. The molecule has 7 heteroatoms. The summed E-state index contributed by atoms with van der Waals surface area (Å²) in [5.41, 5.74) is 0.229. The zero-order valence-electron chi connectivity index (χ0n) is 13.3. The van der Waals surface area contributed by atoms with E-state index in [9.17, 15) is 17.6 Å². The van der Waals surface area contributed by atoms with Gasteiger partial charge in [-0.05, 0) is 42.8 Å². The number of benzene rings is 2. The van der Waals surface area contributed by atoms with Crippen LogP contribution in [0.15, 0.2) is 59.5 Å². The molecule has 1 amide bonds. The summed E-state index contributed by atoms with van der Waals surface area (Å²) in [6.07, 6.45) is 0.744. The molecule has 1 N–H and O–H groups in total. The van der Waals surface area contributed by atoms with Gasteiger partial charge in [0.15, 0.2) is 0 Å². The Labute approximate surface area is 141 Å². The molecule has 0 saturated carbocycles. The van der Waals surface area contributed by atoms with Crippen molar-refractivity contribution >= 4 is 21.6 Å². The van der Waals surface area contributed by atoms with Crippen molar-refractivity contribution in [3.8, 4) is 0 Å². The first kappa shape index (κ1) is 17.9. The van der Waals surface area contributed by atoms with Crippen molar-refractivity contribution in [1.29, 1.82) is 0 Å². The summed E-state index contributed by atoms with van der Waals surface area (Å²) in [6.45, 7) is 1.99. The number of nitrogens with one attached hydrogen (secondary N) is 1. The number of sulfonamides is 1. The van der Waals surface area contributed by atoms with Crippen molar-refractivity contribution < 1.29 is 17.6 Å². The average molecular weight is 350 g/mol. The topological polar surface area (TPSA) is 66.5 Å². The summed E-state index contributed by atoms with van der Waals surface area (Å²) >= 11 is 0. The van der Waals surface area contributed by atoms with E-state index >= 15 is 0 Å². The van der Waals surface area contributed by atoms with E-state index in [1.807, 2.05) is 6.92 Å². The van der Waals surface area contributed by atoms with Crippen LogP contribution >= 0.6 is 0 Å². The third kappa shape index (κ3) is 4.32. The molecule has 24 heavy (non-hydrogen) atoms. The van der Waals surface area contributed by atoms with Gasteiger partial charge in [-0.25, -0.2) is 12.8 Å². The van der Waals surface area contributed by atoms with Gasteiger partial charge in [0.25, 0.3) is 10.0 Å². The Bertz CT molecular complexity index is 777. The maximum atomic E-state index is 13.2. The lowest BCUT2D eigenvalue weighted by atomic mass is 10.3. The summed E-state index contributed by atoms with van der Waals surface area (Å²) in [5, 5.41) is 2.65. The number of nitrogens with zero attached hydrogens (tertiary/aromatic N) is 1. The van der Waals surface area contributed by atoms with Gasteiger partial charge in [0.1, 0.15) is 12.4 Å². The number of rotatable bonds is 7. The van der Waals surface area contributed by atoms with Gasteiger partial charge in [0.05, 0.1) is 10.6 Å². The normalized spacial score (nSPS) is 11.1. The molecule has 0 saturated heterocycles. The zero-order valence-corrected chi connectivity index (χ0v) is 14.1. The Hall–Kier alpha value is -2.41. The van der Waals surface area contributed by atoms with E-state index in [0.717, 1.165) is 22.9 Å². The first-order valence-electron chi connectivity index (χ1n) is 7.55. The lowest BCUT2D eigenvalue weighted by Gasteiger charge is -2.24. The molecule has 2 aromatic carbocycles. The van der Waals surface area contributed by atoms with Crippen molar-refractivity contribution in [2.75, 3.05) is 17.4 Å². The molecular formula is C17H19FN2O3S. The summed E-state index contributed by atoms with van der Waals surface area (Å²) in [6, 6.07) is 12.8. The Balaban J connectivity index is 2.39. The number of anilines is 1. The monoisotopic (exact) mass is 350 g/mol. The molecule has 0 aromatic heterocycles. The number of carbonyl (C=O) groups is 1. The Morgan fingerprint density at radius 1 is 1.08 bits per heavy atom. The van der Waals surface area contributed by atoms with Gasteiger partial charge in [-0.15, -0.1) is 0 Å². The smallest absolute Gasteiger partial charge is 0.264 e. The van der Waals surface area contributed by atoms with Crippen molar-refractivity contribution in [2.45, 2.75) is 18.2 Å². The number of hydrogen-bond donors (Lipinski definition) is 1. The fourth-order valence-electron chi connectivity index (χ4n) is 2.09. The molecule has 5 nitrogen and oxygen atoms in total. The van der Waals surface area contributed by atoms with Crippen LogP contribution in [-0.2, 0) is 14.8 Å². The van der Waals surface area contributed by atoms with Crippen LogP contribution in [0.2, 0.25) is 0 Å². The highest BCUT2D eigenvalue weighted by Gasteiger charge is 2.26. The molecule has 0 atom stereocenters. The van der Waals surface area contributed by atoms with Gasteiger partial charge in [-0.3, -0.25) is 9.10 Å². The van der Waals surface area contributed by atoms with Crippen molar-refractivity contribution in [1.82, 2.24) is 5.32 Å². The van der Waals surface area contributed by atoms with Crippen molar-refractivity contribution in [2.24, 2.45) is 0 Å². The van der Waals surface area contributed by atoms with Crippen LogP contribution in [0.1, 0.15) is 13.3 Å². The maximum absolute atomic E-state index is 13.2. The summed E-state index contributed by atoms with van der Waals surface area (Å²) in [4.78, 5) is 12.1.